The number of amides is 4. The van der Waals surface area contributed by atoms with Gasteiger partial charge in [0.25, 0.3) is 11.8 Å². The average molecular weight is 844 g/mol. The summed E-state index contributed by atoms with van der Waals surface area (Å²) in [6.45, 7) is 3.79. The number of hydrazine groups is 1. The molecule has 4 aromatic rings. The maximum atomic E-state index is 15.3. The average Bonchev–Trinajstić information content (AvgIpc) is 3.54. The number of benzene rings is 4. The first kappa shape index (κ1) is 35.0. The Morgan fingerprint density at radius 2 is 1.66 bits per heavy atom. The molecule has 268 valence electrons. The Kier molecular flexibility index (Phi) is 8.68. The minimum atomic E-state index is -1.57. The van der Waals surface area contributed by atoms with E-state index in [4.69, 9.17) is 16.3 Å². The molecule has 2 aliphatic heterocycles. The Morgan fingerprint density at radius 1 is 0.962 bits per heavy atom. The first-order valence-corrected chi connectivity index (χ1v) is 18.5. The fourth-order valence-corrected chi connectivity index (χ4v) is 9.71. The second-order valence-electron chi connectivity index (χ2n) is 13.7. The molecule has 3 fully saturated rings. The quantitative estimate of drug-likeness (QED) is 0.112. The van der Waals surface area contributed by atoms with E-state index in [0.717, 1.165) is 16.1 Å². The lowest BCUT2D eigenvalue weighted by atomic mass is 9.49. The Balaban J connectivity index is 1.34. The van der Waals surface area contributed by atoms with Gasteiger partial charge in [0.05, 0.1) is 45.2 Å². The molecule has 8 rings (SSSR count). The standard InChI is InChI=1S/C41H32ClFIN3O6/c1-3-21-4-14-27(15-5-21)46-37(49)29-17-16-28-30(34(29)39(46)51)20-31-38(50)47(45-26-12-10-25(43)11-13-26)40(52)41(31,23-6-8-24(42)9-7-23)35(28)22-18-32(44)36(48)33(19-22)53-2/h3-16,18-19,29-31,34-35,45,48H,1,17,20H2,2H3. The highest BCUT2D eigenvalue weighted by Gasteiger charge is 2.70. The second kappa shape index (κ2) is 13.1. The molecular weight excluding hydrogens is 812 g/mol. The summed E-state index contributed by atoms with van der Waals surface area (Å²) in [5.74, 6) is -6.10. The van der Waals surface area contributed by atoms with Crippen molar-refractivity contribution < 1.29 is 33.4 Å². The van der Waals surface area contributed by atoms with E-state index in [1.165, 1.54) is 36.3 Å². The number of halogens is 3. The molecule has 4 aliphatic rings. The third kappa shape index (κ3) is 5.30. The number of carbonyl (C=O) groups is 4. The van der Waals surface area contributed by atoms with Crippen LogP contribution in [0.4, 0.5) is 15.8 Å². The predicted octanol–water partition coefficient (Wildman–Crippen LogP) is 7.63. The number of phenols is 1. The highest BCUT2D eigenvalue weighted by Crippen LogP contribution is 2.64. The van der Waals surface area contributed by atoms with E-state index < -0.39 is 52.6 Å². The van der Waals surface area contributed by atoms with Crippen molar-refractivity contribution in [3.63, 3.8) is 0 Å². The van der Waals surface area contributed by atoms with Crippen LogP contribution < -0.4 is 15.1 Å². The molecule has 6 atom stereocenters. The van der Waals surface area contributed by atoms with Gasteiger partial charge in [-0.2, -0.15) is 5.01 Å². The number of nitrogens with zero attached hydrogens (tertiary/aromatic N) is 2. The Hall–Kier alpha value is -5.01. The molecule has 0 spiro atoms. The van der Waals surface area contributed by atoms with Crippen molar-refractivity contribution in [2.75, 3.05) is 17.4 Å². The number of anilines is 2. The fraction of sp³-hybridized carbons (Fsp3) is 0.220. The summed E-state index contributed by atoms with van der Waals surface area (Å²) in [6.07, 6.45) is 3.97. The van der Waals surface area contributed by atoms with Gasteiger partial charge < -0.3 is 9.84 Å². The van der Waals surface area contributed by atoms with E-state index in [-0.39, 0.29) is 36.2 Å². The fourth-order valence-electron chi connectivity index (χ4n) is 8.96. The minimum Gasteiger partial charge on any atom is -0.504 e. The lowest BCUT2D eigenvalue weighted by molar-refractivity contribution is -0.138. The van der Waals surface area contributed by atoms with Crippen LogP contribution in [0.3, 0.4) is 0 Å². The third-order valence-electron chi connectivity index (χ3n) is 11.2. The molecule has 53 heavy (non-hydrogen) atoms. The molecule has 4 amide bonds. The summed E-state index contributed by atoms with van der Waals surface area (Å²) in [4.78, 5) is 60.0. The first-order valence-electron chi connectivity index (χ1n) is 17.0. The lowest BCUT2D eigenvalue weighted by Crippen LogP contribution is -2.53. The van der Waals surface area contributed by atoms with Gasteiger partial charge in [0.1, 0.15) is 5.82 Å². The molecule has 2 aliphatic carbocycles. The zero-order valence-electron chi connectivity index (χ0n) is 28.3. The van der Waals surface area contributed by atoms with Crippen molar-refractivity contribution >= 4 is 75.3 Å². The Labute approximate surface area is 323 Å². The van der Waals surface area contributed by atoms with Gasteiger partial charge in [-0.3, -0.25) is 29.5 Å². The van der Waals surface area contributed by atoms with Gasteiger partial charge in [0.2, 0.25) is 11.8 Å². The Bertz CT molecular complexity index is 2250. The summed E-state index contributed by atoms with van der Waals surface area (Å²) in [5.41, 5.74) is 4.84. The number of phenolic OH excluding ortho intramolecular Hbond substituents is 1. The molecule has 2 N–H and O–H groups in total. The minimum absolute atomic E-state index is 0.0814. The number of methoxy groups -OCH3 is 1. The number of hydrogen-bond donors (Lipinski definition) is 2. The van der Waals surface area contributed by atoms with E-state index in [0.29, 0.717) is 31.1 Å². The van der Waals surface area contributed by atoms with Crippen LogP contribution in [0, 0.1) is 33.1 Å². The molecule has 0 bridgehead atoms. The summed E-state index contributed by atoms with van der Waals surface area (Å²) < 4.78 is 19.9. The highest BCUT2D eigenvalue weighted by atomic mass is 127. The topological polar surface area (TPSA) is 116 Å². The van der Waals surface area contributed by atoms with Crippen LogP contribution in [0.25, 0.3) is 6.08 Å². The molecule has 2 heterocycles. The second-order valence-corrected chi connectivity index (χ2v) is 15.3. The summed E-state index contributed by atoms with van der Waals surface area (Å²) >= 11 is 8.38. The number of carbonyl (C=O) groups excluding carboxylic acids is 4. The molecule has 6 unspecified atom stereocenters. The van der Waals surface area contributed by atoms with E-state index in [1.807, 2.05) is 28.7 Å². The molecule has 0 radical (unpaired) electrons. The third-order valence-corrected chi connectivity index (χ3v) is 12.3. The predicted molar refractivity (Wildman–Crippen MR) is 205 cm³/mol. The van der Waals surface area contributed by atoms with E-state index in [9.17, 15) is 23.9 Å². The largest absolute Gasteiger partial charge is 0.504 e. The maximum Gasteiger partial charge on any atom is 0.260 e. The number of imide groups is 2. The monoisotopic (exact) mass is 843 g/mol. The van der Waals surface area contributed by atoms with Gasteiger partial charge in [-0.25, -0.2) is 4.39 Å². The molecule has 1 saturated carbocycles. The normalized spacial score (nSPS) is 26.2. The van der Waals surface area contributed by atoms with Crippen molar-refractivity contribution in [2.45, 2.75) is 24.2 Å². The number of nitrogens with one attached hydrogen (secondary N) is 1. The lowest BCUT2D eigenvalue weighted by Gasteiger charge is -2.50. The van der Waals surface area contributed by atoms with Gasteiger partial charge in [0.15, 0.2) is 11.5 Å². The summed E-state index contributed by atoms with van der Waals surface area (Å²) in [7, 11) is 1.43. The van der Waals surface area contributed by atoms with Gasteiger partial charge in [0, 0.05) is 10.9 Å². The van der Waals surface area contributed by atoms with Crippen molar-refractivity contribution in [2.24, 2.45) is 23.7 Å². The number of aromatic hydroxyl groups is 1. The molecule has 4 aromatic carbocycles. The van der Waals surface area contributed by atoms with Crippen LogP contribution in [0.15, 0.2) is 103 Å². The number of rotatable bonds is 7. The Morgan fingerprint density at radius 3 is 2.32 bits per heavy atom. The van der Waals surface area contributed by atoms with E-state index >= 15 is 4.79 Å². The number of allylic oxidation sites excluding steroid dienone is 2. The van der Waals surface area contributed by atoms with Crippen molar-refractivity contribution in [1.29, 1.82) is 0 Å². The van der Waals surface area contributed by atoms with Gasteiger partial charge in [-0.05, 0) is 119 Å². The van der Waals surface area contributed by atoms with Crippen LogP contribution in [0.2, 0.25) is 5.02 Å². The number of ether oxygens (including phenoxy) is 1. The summed E-state index contributed by atoms with van der Waals surface area (Å²) in [6, 6.07) is 22.6. The van der Waals surface area contributed by atoms with Gasteiger partial charge >= 0.3 is 0 Å². The zero-order chi connectivity index (χ0) is 37.3. The number of hydrogen-bond acceptors (Lipinski definition) is 7. The van der Waals surface area contributed by atoms with Gasteiger partial charge in [-0.15, -0.1) is 0 Å². The van der Waals surface area contributed by atoms with Crippen molar-refractivity contribution in [1.82, 2.24) is 5.01 Å². The zero-order valence-corrected chi connectivity index (χ0v) is 31.2. The molecular formula is C41H32ClFIN3O6. The van der Waals surface area contributed by atoms with Crippen molar-refractivity contribution in [3.8, 4) is 11.5 Å². The van der Waals surface area contributed by atoms with E-state index in [1.54, 1.807) is 66.7 Å². The molecule has 9 nitrogen and oxygen atoms in total. The van der Waals surface area contributed by atoms with Crippen LogP contribution in [0.5, 0.6) is 11.5 Å². The number of fused-ring (bicyclic) bond motifs is 4. The van der Waals surface area contributed by atoms with Crippen LogP contribution in [0.1, 0.15) is 35.4 Å². The molecule has 2 saturated heterocycles. The van der Waals surface area contributed by atoms with Crippen LogP contribution in [-0.2, 0) is 24.6 Å². The first-order chi connectivity index (χ1) is 25.5. The highest BCUT2D eigenvalue weighted by molar-refractivity contribution is 14.1. The summed E-state index contributed by atoms with van der Waals surface area (Å²) in [5, 5.41) is 12.3. The maximum absolute atomic E-state index is 15.3. The van der Waals surface area contributed by atoms with Crippen molar-refractivity contribution in [3.05, 3.63) is 134 Å². The van der Waals surface area contributed by atoms with E-state index in [2.05, 4.69) is 12.0 Å². The SMILES string of the molecule is C=Cc1ccc(N2C(=O)C3CC=C4C(CC5C(=O)N(Nc6ccc(F)cc6)C(=O)C5(c5ccc(Cl)cc5)C4c4cc(I)c(O)c(OC)c4)C3C2=O)cc1. The molecule has 12 heteroatoms. The van der Waals surface area contributed by atoms with Crippen LogP contribution >= 0.6 is 34.2 Å². The smallest absolute Gasteiger partial charge is 0.260 e. The van der Waals surface area contributed by atoms with Gasteiger partial charge in [-0.1, -0.05) is 60.2 Å². The molecule has 0 aromatic heterocycles. The van der Waals surface area contributed by atoms with Crippen LogP contribution in [-0.4, -0.2) is 40.9 Å².